The maximum absolute atomic E-state index is 13.2. The molecule has 2 fully saturated rings. The van der Waals surface area contributed by atoms with Crippen LogP contribution < -0.4 is 5.32 Å². The fourth-order valence-corrected chi connectivity index (χ4v) is 9.73. The minimum Gasteiger partial charge on any atom is -0.394 e. The smallest absolute Gasteiger partial charge is 0.220 e. The van der Waals surface area contributed by atoms with Crippen LogP contribution in [-0.2, 0) is 23.7 Å². The number of carbonyl (C=O) groups is 1. The second kappa shape index (κ2) is 47.5. The summed E-state index contributed by atoms with van der Waals surface area (Å²) in [5.74, 6) is -0.253. The zero-order chi connectivity index (χ0) is 55.3. The van der Waals surface area contributed by atoms with E-state index in [2.05, 4.69) is 67.8 Å². The fraction of sp³-hybridized carbons (Fsp3) is 0.823. The summed E-state index contributed by atoms with van der Waals surface area (Å²) in [6.07, 6.45) is 44.9. The summed E-state index contributed by atoms with van der Waals surface area (Å²) in [6, 6.07) is -0.929. The molecule has 0 spiro atoms. The van der Waals surface area contributed by atoms with Gasteiger partial charge in [0.25, 0.3) is 0 Å². The highest BCUT2D eigenvalue weighted by atomic mass is 16.7. The predicted octanol–water partition coefficient (Wildman–Crippen LogP) is 10.6. The van der Waals surface area contributed by atoms with Crippen LogP contribution in [0.1, 0.15) is 232 Å². The van der Waals surface area contributed by atoms with E-state index in [0.29, 0.717) is 12.8 Å². The van der Waals surface area contributed by atoms with Crippen molar-refractivity contribution in [3.05, 3.63) is 60.8 Å². The van der Waals surface area contributed by atoms with Crippen molar-refractivity contribution in [2.45, 2.75) is 306 Å². The third kappa shape index (κ3) is 32.7. The molecule has 0 bridgehead atoms. The van der Waals surface area contributed by atoms with Crippen molar-refractivity contribution in [3.63, 3.8) is 0 Å². The van der Waals surface area contributed by atoms with E-state index in [4.69, 9.17) is 18.9 Å². The number of hydrogen-bond acceptors (Lipinski definition) is 13. The number of aliphatic hydroxyl groups is 8. The number of rotatable bonds is 48. The van der Waals surface area contributed by atoms with Gasteiger partial charge < -0.3 is 65.1 Å². The summed E-state index contributed by atoms with van der Waals surface area (Å²) in [4.78, 5) is 13.2. The Morgan fingerprint density at radius 3 is 1.42 bits per heavy atom. The third-order valence-corrected chi connectivity index (χ3v) is 14.7. The summed E-state index contributed by atoms with van der Waals surface area (Å²) in [5, 5.41) is 86.6. The number of aliphatic hydroxyl groups excluding tert-OH is 8. The Morgan fingerprint density at radius 2 is 0.908 bits per heavy atom. The first-order chi connectivity index (χ1) is 37.1. The highest BCUT2D eigenvalue weighted by molar-refractivity contribution is 5.76. The standard InChI is InChI=1S/C62H111NO13/c1-3-5-7-9-11-12-13-14-15-16-17-18-19-20-21-22-23-24-25-26-27-28-29-30-31-32-33-34-35-36-37-38-40-42-44-46-54(67)63-50(51(66)45-43-41-39-10-8-6-4-2)49-73-61-59(72)57(70)60(53(48-65)75-61)76-62-58(71)56(69)55(68)52(47-64)74-62/h8,10,13-14,16-17,19-20,43,45,50-53,55-62,64-66,68-72H,3-7,9,11-12,15,18,21-42,44,46-49H2,1-2H3,(H,63,67)/b10-8+,14-13-,17-16-,20-19-,45-43+. The lowest BCUT2D eigenvalue weighted by Gasteiger charge is -2.46. The largest absolute Gasteiger partial charge is 0.394 e. The van der Waals surface area contributed by atoms with Gasteiger partial charge in [-0.2, -0.15) is 0 Å². The molecule has 0 aromatic heterocycles. The van der Waals surface area contributed by atoms with E-state index >= 15 is 0 Å². The van der Waals surface area contributed by atoms with E-state index in [0.717, 1.165) is 51.4 Å². The van der Waals surface area contributed by atoms with Crippen LogP contribution in [0.25, 0.3) is 0 Å². The second-order valence-corrected chi connectivity index (χ2v) is 21.5. The summed E-state index contributed by atoms with van der Waals surface area (Å²) in [7, 11) is 0. The minimum absolute atomic E-state index is 0.253. The molecule has 2 heterocycles. The summed E-state index contributed by atoms with van der Waals surface area (Å²) in [5.41, 5.74) is 0. The SMILES string of the molecule is CCC/C=C/CC/C=C/C(O)C(COC1OC(CO)C(OC2OC(CO)C(O)C(O)C2O)C(O)C1O)NC(=O)CCCCCCCCCCCCCCCCCCCCCC/C=C\C/C=C\C/C=C\CCCCCCC. The predicted molar refractivity (Wildman–Crippen MR) is 304 cm³/mol. The van der Waals surface area contributed by atoms with Gasteiger partial charge in [-0.25, -0.2) is 0 Å². The average molecular weight is 1080 g/mol. The van der Waals surface area contributed by atoms with Crippen molar-refractivity contribution >= 4 is 5.91 Å². The fourth-order valence-electron chi connectivity index (χ4n) is 9.73. The van der Waals surface area contributed by atoms with Gasteiger partial charge >= 0.3 is 0 Å². The molecule has 0 aromatic carbocycles. The molecule has 442 valence electrons. The lowest BCUT2D eigenvalue weighted by atomic mass is 9.97. The van der Waals surface area contributed by atoms with Gasteiger partial charge in [0, 0.05) is 6.42 Å². The first-order valence-corrected chi connectivity index (χ1v) is 30.5. The lowest BCUT2D eigenvalue weighted by Crippen LogP contribution is -2.65. The van der Waals surface area contributed by atoms with Crippen LogP contribution in [0, 0.1) is 0 Å². The molecule has 0 aromatic rings. The Kier molecular flexibility index (Phi) is 43.6. The van der Waals surface area contributed by atoms with Gasteiger partial charge in [-0.05, 0) is 64.2 Å². The van der Waals surface area contributed by atoms with Crippen molar-refractivity contribution in [2.75, 3.05) is 19.8 Å². The maximum atomic E-state index is 13.2. The van der Waals surface area contributed by atoms with Crippen LogP contribution in [-0.4, -0.2) is 140 Å². The van der Waals surface area contributed by atoms with Crippen LogP contribution in [0.2, 0.25) is 0 Å². The summed E-state index contributed by atoms with van der Waals surface area (Å²) < 4.78 is 22.6. The van der Waals surface area contributed by atoms with Crippen LogP contribution in [0.15, 0.2) is 60.8 Å². The molecule has 2 aliphatic rings. The molecule has 0 radical (unpaired) electrons. The van der Waals surface area contributed by atoms with Crippen molar-refractivity contribution in [1.29, 1.82) is 0 Å². The number of amides is 1. The molecule has 2 rings (SSSR count). The summed E-state index contributed by atoms with van der Waals surface area (Å²) >= 11 is 0. The normalized spacial score (nSPS) is 25.3. The first kappa shape index (κ1) is 69.8. The Labute approximate surface area is 460 Å². The van der Waals surface area contributed by atoms with Gasteiger partial charge in [-0.15, -0.1) is 0 Å². The van der Waals surface area contributed by atoms with Gasteiger partial charge in [0.05, 0.1) is 32.0 Å². The van der Waals surface area contributed by atoms with E-state index in [1.807, 2.05) is 6.08 Å². The highest BCUT2D eigenvalue weighted by Crippen LogP contribution is 2.30. The molecule has 14 heteroatoms. The van der Waals surface area contributed by atoms with Gasteiger partial charge in [-0.1, -0.05) is 222 Å². The van der Waals surface area contributed by atoms with Crippen LogP contribution in [0.3, 0.4) is 0 Å². The lowest BCUT2D eigenvalue weighted by molar-refractivity contribution is -0.359. The minimum atomic E-state index is -1.79. The van der Waals surface area contributed by atoms with E-state index in [1.165, 1.54) is 148 Å². The Morgan fingerprint density at radius 1 is 0.474 bits per heavy atom. The third-order valence-electron chi connectivity index (χ3n) is 14.7. The van der Waals surface area contributed by atoms with Crippen LogP contribution in [0.5, 0.6) is 0 Å². The summed E-state index contributed by atoms with van der Waals surface area (Å²) in [6.45, 7) is 2.64. The number of unbranched alkanes of at least 4 members (excludes halogenated alkanes) is 27. The van der Waals surface area contributed by atoms with Gasteiger partial charge in [0.2, 0.25) is 5.91 Å². The average Bonchev–Trinajstić information content (AvgIpc) is 3.42. The van der Waals surface area contributed by atoms with E-state index in [1.54, 1.807) is 6.08 Å². The highest BCUT2D eigenvalue weighted by Gasteiger charge is 2.51. The monoisotopic (exact) mass is 1080 g/mol. The second-order valence-electron chi connectivity index (χ2n) is 21.5. The number of carbonyl (C=O) groups excluding carboxylic acids is 1. The van der Waals surface area contributed by atoms with Gasteiger partial charge in [0.15, 0.2) is 12.6 Å². The van der Waals surface area contributed by atoms with Crippen molar-refractivity contribution in [1.82, 2.24) is 5.32 Å². The van der Waals surface area contributed by atoms with Crippen molar-refractivity contribution in [3.8, 4) is 0 Å². The van der Waals surface area contributed by atoms with E-state index in [-0.39, 0.29) is 18.9 Å². The zero-order valence-electron chi connectivity index (χ0n) is 47.5. The molecule has 1 amide bonds. The molecule has 0 saturated carbocycles. The van der Waals surface area contributed by atoms with Crippen LogP contribution >= 0.6 is 0 Å². The number of hydrogen-bond donors (Lipinski definition) is 9. The molecule has 0 aliphatic carbocycles. The number of allylic oxidation sites excluding steroid dienone is 9. The molecular weight excluding hydrogens is 967 g/mol. The quantitative estimate of drug-likeness (QED) is 0.0204. The molecule has 14 nitrogen and oxygen atoms in total. The molecular formula is C62H111NO13. The Hall–Kier alpha value is -2.31. The molecule has 2 aliphatic heterocycles. The van der Waals surface area contributed by atoms with Gasteiger partial charge in [0.1, 0.15) is 48.8 Å². The molecule has 12 unspecified atom stereocenters. The van der Waals surface area contributed by atoms with Gasteiger partial charge in [-0.3, -0.25) is 4.79 Å². The molecule has 12 atom stereocenters. The Balaban J connectivity index is 1.55. The maximum Gasteiger partial charge on any atom is 0.220 e. The molecule has 76 heavy (non-hydrogen) atoms. The first-order valence-electron chi connectivity index (χ1n) is 30.5. The van der Waals surface area contributed by atoms with Crippen LogP contribution in [0.4, 0.5) is 0 Å². The van der Waals surface area contributed by atoms with Crippen molar-refractivity contribution in [2.24, 2.45) is 0 Å². The Bertz CT molecular complexity index is 1510. The van der Waals surface area contributed by atoms with E-state index in [9.17, 15) is 45.6 Å². The molecule has 9 N–H and O–H groups in total. The van der Waals surface area contributed by atoms with Crippen molar-refractivity contribution < 1.29 is 64.6 Å². The number of nitrogens with one attached hydrogen (secondary N) is 1. The number of ether oxygens (including phenoxy) is 4. The molecule has 2 saturated heterocycles. The van der Waals surface area contributed by atoms with E-state index < -0.39 is 86.8 Å². The topological polar surface area (TPSA) is 228 Å². The zero-order valence-corrected chi connectivity index (χ0v) is 47.5.